The molecule has 0 saturated carbocycles. The maximum absolute atomic E-state index is 9.25. The number of para-hydroxylation sites is 1. The Kier molecular flexibility index (Phi) is 3.89. The van der Waals surface area contributed by atoms with E-state index in [0.29, 0.717) is 11.6 Å². The summed E-state index contributed by atoms with van der Waals surface area (Å²) in [6.07, 6.45) is 0. The smallest absolute Gasteiger partial charge is 0.0865 e. The number of benzene rings is 1. The molecule has 0 aliphatic carbocycles. The summed E-state index contributed by atoms with van der Waals surface area (Å²) in [6.45, 7) is 2.47. The maximum atomic E-state index is 9.25. The molecule has 2 N–H and O–H groups in total. The van der Waals surface area contributed by atoms with Crippen LogP contribution in [-0.2, 0) is 20.2 Å². The molecule has 0 atom stereocenters. The normalized spacial score (nSPS) is 10.7. The molecule has 5 heteroatoms. The number of aryl methyl sites for hydroxylation is 2. The van der Waals surface area contributed by atoms with Gasteiger partial charge in [0.1, 0.15) is 0 Å². The van der Waals surface area contributed by atoms with Crippen molar-refractivity contribution in [1.29, 1.82) is 0 Å². The largest absolute Gasteiger partial charge is 0.392 e. The Hall–Kier alpha value is -1.52. The lowest BCUT2D eigenvalue weighted by Gasteiger charge is -2.10. The number of hydrogen-bond donors (Lipinski definition) is 2. The maximum Gasteiger partial charge on any atom is 0.0865 e. The molecule has 96 valence electrons. The Bertz CT molecular complexity index is 551. The van der Waals surface area contributed by atoms with Crippen molar-refractivity contribution in [3.8, 4) is 0 Å². The lowest BCUT2D eigenvalue weighted by atomic mass is 10.2. The van der Waals surface area contributed by atoms with Gasteiger partial charge in [0.25, 0.3) is 0 Å². The van der Waals surface area contributed by atoms with Gasteiger partial charge in [-0.2, -0.15) is 5.10 Å². The highest BCUT2D eigenvalue weighted by atomic mass is 35.5. The molecule has 4 nitrogen and oxygen atoms in total. The van der Waals surface area contributed by atoms with Gasteiger partial charge in [-0.05, 0) is 13.0 Å². The number of hydrogen-bond acceptors (Lipinski definition) is 3. The van der Waals surface area contributed by atoms with Gasteiger partial charge in [-0.1, -0.05) is 29.8 Å². The standard InChI is InChI=1S/C13H16ClN3O/c1-9-13(14)12(17(2)16-9)7-15-11-6-4-3-5-10(11)8-18/h3-6,15,18H,7-8H2,1-2H3. The topological polar surface area (TPSA) is 50.1 Å². The highest BCUT2D eigenvalue weighted by Gasteiger charge is 2.11. The summed E-state index contributed by atoms with van der Waals surface area (Å²) in [5, 5.41) is 17.5. The summed E-state index contributed by atoms with van der Waals surface area (Å²) in [4.78, 5) is 0. The summed E-state index contributed by atoms with van der Waals surface area (Å²) < 4.78 is 1.77. The Labute approximate surface area is 111 Å². The summed E-state index contributed by atoms with van der Waals surface area (Å²) in [5.41, 5.74) is 3.54. The van der Waals surface area contributed by atoms with E-state index in [1.807, 2.05) is 38.2 Å². The van der Waals surface area contributed by atoms with Crippen LogP contribution in [0.1, 0.15) is 17.0 Å². The van der Waals surface area contributed by atoms with Crippen molar-refractivity contribution in [2.24, 2.45) is 7.05 Å². The van der Waals surface area contributed by atoms with E-state index in [9.17, 15) is 5.11 Å². The van der Waals surface area contributed by atoms with Gasteiger partial charge in [0, 0.05) is 18.3 Å². The number of nitrogens with zero attached hydrogens (tertiary/aromatic N) is 2. The third kappa shape index (κ3) is 2.49. The first kappa shape index (κ1) is 12.9. The molecule has 0 aliphatic heterocycles. The minimum absolute atomic E-state index is 0.0152. The van der Waals surface area contributed by atoms with Gasteiger partial charge >= 0.3 is 0 Å². The van der Waals surface area contributed by atoms with Crippen LogP contribution < -0.4 is 5.32 Å². The summed E-state index contributed by atoms with van der Waals surface area (Å²) in [6, 6.07) is 7.65. The monoisotopic (exact) mass is 265 g/mol. The van der Waals surface area contributed by atoms with Crippen LogP contribution >= 0.6 is 11.6 Å². The van der Waals surface area contributed by atoms with Gasteiger partial charge < -0.3 is 10.4 Å². The third-order valence-electron chi connectivity index (χ3n) is 2.90. The number of rotatable bonds is 4. The average Bonchev–Trinajstić information content (AvgIpc) is 2.62. The first-order valence-corrected chi connectivity index (χ1v) is 6.12. The first-order chi connectivity index (χ1) is 8.63. The summed E-state index contributed by atoms with van der Waals surface area (Å²) in [5.74, 6) is 0. The average molecular weight is 266 g/mol. The number of anilines is 1. The van der Waals surface area contributed by atoms with Gasteiger partial charge in [0.15, 0.2) is 0 Å². The lowest BCUT2D eigenvalue weighted by Crippen LogP contribution is -2.07. The van der Waals surface area contributed by atoms with E-state index in [2.05, 4.69) is 10.4 Å². The zero-order valence-electron chi connectivity index (χ0n) is 10.4. The third-order valence-corrected chi connectivity index (χ3v) is 3.39. The molecule has 0 bridgehead atoms. The zero-order valence-corrected chi connectivity index (χ0v) is 11.2. The van der Waals surface area contributed by atoms with Crippen molar-refractivity contribution in [1.82, 2.24) is 9.78 Å². The van der Waals surface area contributed by atoms with Crippen LogP contribution in [-0.4, -0.2) is 14.9 Å². The number of halogens is 1. The van der Waals surface area contributed by atoms with E-state index in [0.717, 1.165) is 22.6 Å². The highest BCUT2D eigenvalue weighted by molar-refractivity contribution is 6.31. The molecule has 0 amide bonds. The SMILES string of the molecule is Cc1nn(C)c(CNc2ccccc2CO)c1Cl. The molecule has 18 heavy (non-hydrogen) atoms. The quantitative estimate of drug-likeness (QED) is 0.893. The van der Waals surface area contributed by atoms with Crippen molar-refractivity contribution in [3.05, 3.63) is 46.2 Å². The van der Waals surface area contributed by atoms with Gasteiger partial charge in [-0.15, -0.1) is 0 Å². The number of aromatic nitrogens is 2. The van der Waals surface area contributed by atoms with E-state index in [-0.39, 0.29) is 6.61 Å². The molecule has 0 spiro atoms. The minimum atomic E-state index is 0.0152. The van der Waals surface area contributed by atoms with Crippen molar-refractivity contribution >= 4 is 17.3 Å². The molecule has 1 aromatic heterocycles. The molecule has 2 aromatic rings. The van der Waals surface area contributed by atoms with Crippen molar-refractivity contribution in [3.63, 3.8) is 0 Å². The minimum Gasteiger partial charge on any atom is -0.392 e. The Morgan fingerprint density at radius 3 is 2.72 bits per heavy atom. The van der Waals surface area contributed by atoms with E-state index < -0.39 is 0 Å². The number of aliphatic hydroxyl groups is 1. The molecular formula is C13H16ClN3O. The van der Waals surface area contributed by atoms with Crippen LogP contribution in [0.4, 0.5) is 5.69 Å². The fourth-order valence-electron chi connectivity index (χ4n) is 1.88. The van der Waals surface area contributed by atoms with E-state index in [4.69, 9.17) is 11.6 Å². The Morgan fingerprint density at radius 1 is 1.39 bits per heavy atom. The second-order valence-corrected chi connectivity index (χ2v) is 4.52. The molecule has 0 aliphatic rings. The Balaban J connectivity index is 2.16. The van der Waals surface area contributed by atoms with E-state index in [1.54, 1.807) is 4.68 Å². The molecule has 0 saturated heterocycles. The molecule has 2 rings (SSSR count). The van der Waals surface area contributed by atoms with Crippen LogP contribution in [0.5, 0.6) is 0 Å². The molecular weight excluding hydrogens is 250 g/mol. The fourth-order valence-corrected chi connectivity index (χ4v) is 2.11. The van der Waals surface area contributed by atoms with Gasteiger partial charge in [0.05, 0.1) is 29.6 Å². The highest BCUT2D eigenvalue weighted by Crippen LogP contribution is 2.21. The van der Waals surface area contributed by atoms with Crippen LogP contribution in [0, 0.1) is 6.92 Å². The first-order valence-electron chi connectivity index (χ1n) is 5.74. The van der Waals surface area contributed by atoms with Crippen LogP contribution in [0.15, 0.2) is 24.3 Å². The number of aliphatic hydroxyl groups excluding tert-OH is 1. The molecule has 0 radical (unpaired) electrons. The predicted octanol–water partition coefficient (Wildman–Crippen LogP) is 2.49. The van der Waals surface area contributed by atoms with Crippen LogP contribution in [0.25, 0.3) is 0 Å². The van der Waals surface area contributed by atoms with Gasteiger partial charge in [0.2, 0.25) is 0 Å². The Morgan fingerprint density at radius 2 is 2.11 bits per heavy atom. The van der Waals surface area contributed by atoms with E-state index in [1.165, 1.54) is 0 Å². The lowest BCUT2D eigenvalue weighted by molar-refractivity contribution is 0.282. The summed E-state index contributed by atoms with van der Waals surface area (Å²) >= 11 is 6.18. The van der Waals surface area contributed by atoms with Crippen LogP contribution in [0.2, 0.25) is 5.02 Å². The van der Waals surface area contributed by atoms with Crippen LogP contribution in [0.3, 0.4) is 0 Å². The fraction of sp³-hybridized carbons (Fsp3) is 0.308. The molecule has 0 fully saturated rings. The number of nitrogens with one attached hydrogen (secondary N) is 1. The van der Waals surface area contributed by atoms with E-state index >= 15 is 0 Å². The second kappa shape index (κ2) is 5.42. The van der Waals surface area contributed by atoms with Gasteiger partial charge in [-0.25, -0.2) is 0 Å². The molecule has 1 heterocycles. The zero-order chi connectivity index (χ0) is 13.1. The second-order valence-electron chi connectivity index (χ2n) is 4.14. The van der Waals surface area contributed by atoms with Crippen molar-refractivity contribution in [2.75, 3.05) is 5.32 Å². The predicted molar refractivity (Wildman–Crippen MR) is 72.6 cm³/mol. The molecule has 0 unspecified atom stereocenters. The van der Waals surface area contributed by atoms with Crippen molar-refractivity contribution in [2.45, 2.75) is 20.1 Å². The summed E-state index contributed by atoms with van der Waals surface area (Å²) in [7, 11) is 1.87. The molecule has 1 aromatic carbocycles. The van der Waals surface area contributed by atoms with Gasteiger partial charge in [-0.3, -0.25) is 4.68 Å². The van der Waals surface area contributed by atoms with Crippen molar-refractivity contribution < 1.29 is 5.11 Å².